The molecule has 1 aromatic heterocycles. The van der Waals surface area contributed by atoms with Crippen molar-refractivity contribution in [1.29, 1.82) is 0 Å². The Balaban J connectivity index is 1.56. The van der Waals surface area contributed by atoms with Crippen LogP contribution in [0.2, 0.25) is 0 Å². The number of amides is 1. The van der Waals surface area contributed by atoms with E-state index in [2.05, 4.69) is 10.3 Å². The molecule has 5 nitrogen and oxygen atoms in total. The first kappa shape index (κ1) is 19.7. The Hall–Kier alpha value is -3.58. The van der Waals surface area contributed by atoms with Crippen molar-refractivity contribution >= 4 is 29.0 Å². The number of nitrogens with one attached hydrogen (secondary N) is 2. The fourth-order valence-electron chi connectivity index (χ4n) is 3.24. The van der Waals surface area contributed by atoms with Crippen LogP contribution in [0.15, 0.2) is 77.6 Å². The number of benzene rings is 3. The van der Waals surface area contributed by atoms with Gasteiger partial charge in [0.15, 0.2) is 4.77 Å². The lowest BCUT2D eigenvalue weighted by atomic mass is 10.1. The van der Waals surface area contributed by atoms with Crippen LogP contribution < -0.4 is 10.9 Å². The summed E-state index contributed by atoms with van der Waals surface area (Å²) in [5.74, 6) is -0.548. The molecule has 150 valence electrons. The number of aromatic amines is 1. The molecule has 0 saturated heterocycles. The average molecular weight is 419 g/mol. The largest absolute Gasteiger partial charge is 0.352 e. The van der Waals surface area contributed by atoms with E-state index in [1.165, 1.54) is 16.7 Å². The third-order valence-electron chi connectivity index (χ3n) is 4.79. The van der Waals surface area contributed by atoms with E-state index in [1.807, 2.05) is 18.2 Å². The molecule has 3 aromatic carbocycles. The molecule has 1 amide bonds. The summed E-state index contributed by atoms with van der Waals surface area (Å²) in [7, 11) is 0. The average Bonchev–Trinajstić information content (AvgIpc) is 2.75. The highest BCUT2D eigenvalue weighted by Gasteiger charge is 2.11. The second-order valence-corrected chi connectivity index (χ2v) is 7.19. The molecule has 0 bridgehead atoms. The Kier molecular flexibility index (Phi) is 5.54. The van der Waals surface area contributed by atoms with E-state index in [4.69, 9.17) is 12.2 Å². The molecule has 0 aliphatic carbocycles. The van der Waals surface area contributed by atoms with Crippen molar-refractivity contribution in [3.63, 3.8) is 0 Å². The predicted molar refractivity (Wildman–Crippen MR) is 117 cm³/mol. The maximum absolute atomic E-state index is 13.0. The second kappa shape index (κ2) is 8.42. The van der Waals surface area contributed by atoms with Gasteiger partial charge in [-0.3, -0.25) is 14.2 Å². The van der Waals surface area contributed by atoms with Gasteiger partial charge in [-0.05, 0) is 66.7 Å². The van der Waals surface area contributed by atoms with Gasteiger partial charge in [0.1, 0.15) is 5.82 Å². The molecule has 0 radical (unpaired) electrons. The molecule has 0 aliphatic heterocycles. The third kappa shape index (κ3) is 4.06. The summed E-state index contributed by atoms with van der Waals surface area (Å²) in [6.07, 6.45) is 0.587. The van der Waals surface area contributed by atoms with Crippen molar-refractivity contribution in [1.82, 2.24) is 14.9 Å². The van der Waals surface area contributed by atoms with Crippen LogP contribution in [0.25, 0.3) is 16.6 Å². The number of carbonyl (C=O) groups is 1. The van der Waals surface area contributed by atoms with E-state index in [0.29, 0.717) is 35.1 Å². The smallest absolute Gasteiger partial charge is 0.266 e. The molecule has 0 saturated carbocycles. The first-order chi connectivity index (χ1) is 14.5. The minimum Gasteiger partial charge on any atom is -0.352 e. The quantitative estimate of drug-likeness (QED) is 0.478. The van der Waals surface area contributed by atoms with Gasteiger partial charge in [0.25, 0.3) is 11.5 Å². The van der Waals surface area contributed by atoms with E-state index >= 15 is 0 Å². The molecule has 2 N–H and O–H groups in total. The Morgan fingerprint density at radius 1 is 1.03 bits per heavy atom. The Morgan fingerprint density at radius 3 is 2.50 bits per heavy atom. The minimum absolute atomic E-state index is 0.247. The summed E-state index contributed by atoms with van der Waals surface area (Å²) < 4.78 is 14.6. The van der Waals surface area contributed by atoms with Crippen LogP contribution in [0.5, 0.6) is 0 Å². The second-order valence-electron chi connectivity index (χ2n) is 6.80. The van der Waals surface area contributed by atoms with Gasteiger partial charge in [0.2, 0.25) is 0 Å². The maximum atomic E-state index is 13.0. The van der Waals surface area contributed by atoms with E-state index in [-0.39, 0.29) is 22.1 Å². The number of hydrogen-bond acceptors (Lipinski definition) is 3. The van der Waals surface area contributed by atoms with E-state index < -0.39 is 0 Å². The highest BCUT2D eigenvalue weighted by molar-refractivity contribution is 7.71. The van der Waals surface area contributed by atoms with Crippen LogP contribution >= 0.6 is 12.2 Å². The van der Waals surface area contributed by atoms with Crippen molar-refractivity contribution in [2.24, 2.45) is 0 Å². The number of para-hydroxylation sites is 1. The third-order valence-corrected chi connectivity index (χ3v) is 5.07. The Bertz CT molecular complexity index is 1330. The zero-order valence-electron chi connectivity index (χ0n) is 15.9. The van der Waals surface area contributed by atoms with Crippen molar-refractivity contribution in [2.45, 2.75) is 6.42 Å². The van der Waals surface area contributed by atoms with Crippen molar-refractivity contribution < 1.29 is 9.18 Å². The zero-order valence-corrected chi connectivity index (χ0v) is 16.7. The lowest BCUT2D eigenvalue weighted by Gasteiger charge is -2.10. The van der Waals surface area contributed by atoms with Crippen LogP contribution in [0.1, 0.15) is 15.9 Å². The summed E-state index contributed by atoms with van der Waals surface area (Å²) in [6.45, 7) is 0.411. The van der Waals surface area contributed by atoms with Gasteiger partial charge in [-0.2, -0.15) is 0 Å². The molecule has 0 spiro atoms. The highest BCUT2D eigenvalue weighted by atomic mass is 32.1. The number of H-pyrrole nitrogens is 1. The molecule has 1 heterocycles. The summed E-state index contributed by atoms with van der Waals surface area (Å²) in [4.78, 5) is 28.5. The first-order valence-corrected chi connectivity index (χ1v) is 9.81. The SMILES string of the molecule is O=C(NCCc1ccc(F)cc1)c1ccc2c(=O)n(-c3ccccc3)c(=S)[nH]c2c1. The number of aromatic nitrogens is 2. The number of hydrogen-bond donors (Lipinski definition) is 2. The van der Waals surface area contributed by atoms with Gasteiger partial charge in [-0.1, -0.05) is 30.3 Å². The first-order valence-electron chi connectivity index (χ1n) is 9.40. The standard InChI is InChI=1S/C23H18FN3O2S/c24-17-9-6-15(7-10-17)12-13-25-21(28)16-8-11-19-20(14-16)26-23(30)27(22(19)29)18-4-2-1-3-5-18/h1-11,14H,12-13H2,(H,25,28)(H,26,30). The minimum atomic E-state index is -0.289. The molecule has 7 heteroatoms. The summed E-state index contributed by atoms with van der Waals surface area (Å²) in [6, 6.07) is 20.2. The summed E-state index contributed by atoms with van der Waals surface area (Å²) in [5.41, 5.74) is 2.28. The molecule has 0 aliphatic rings. The fraction of sp³-hybridized carbons (Fsp3) is 0.0870. The molecule has 4 aromatic rings. The zero-order chi connectivity index (χ0) is 21.1. The molecule has 0 unspecified atom stereocenters. The summed E-state index contributed by atoms with van der Waals surface area (Å²) >= 11 is 5.37. The molecule has 0 fully saturated rings. The number of fused-ring (bicyclic) bond motifs is 1. The maximum Gasteiger partial charge on any atom is 0.266 e. The van der Waals surface area contributed by atoms with Gasteiger partial charge in [-0.15, -0.1) is 0 Å². The Morgan fingerprint density at radius 2 is 1.77 bits per heavy atom. The normalized spacial score (nSPS) is 10.8. The number of halogens is 1. The molecule has 4 rings (SSSR count). The molecular weight excluding hydrogens is 401 g/mol. The number of rotatable bonds is 5. The van der Waals surface area contributed by atoms with Crippen LogP contribution in [0, 0.1) is 10.6 Å². The molecule has 30 heavy (non-hydrogen) atoms. The van der Waals surface area contributed by atoms with Crippen molar-refractivity contribution in [3.8, 4) is 5.69 Å². The van der Waals surface area contributed by atoms with Gasteiger partial charge >= 0.3 is 0 Å². The van der Waals surface area contributed by atoms with Crippen LogP contribution in [-0.4, -0.2) is 22.0 Å². The van der Waals surface area contributed by atoms with Crippen molar-refractivity contribution in [3.05, 3.63) is 105 Å². The monoisotopic (exact) mass is 419 g/mol. The summed E-state index contributed by atoms with van der Waals surface area (Å²) in [5, 5.41) is 3.28. The number of nitrogens with zero attached hydrogens (tertiary/aromatic N) is 1. The van der Waals surface area contributed by atoms with Gasteiger partial charge in [0, 0.05) is 12.1 Å². The van der Waals surface area contributed by atoms with E-state index in [9.17, 15) is 14.0 Å². The number of carbonyl (C=O) groups excluding carboxylic acids is 1. The van der Waals surface area contributed by atoms with Gasteiger partial charge in [0.05, 0.1) is 16.6 Å². The van der Waals surface area contributed by atoms with E-state index in [1.54, 1.807) is 42.5 Å². The van der Waals surface area contributed by atoms with Crippen LogP contribution in [0.3, 0.4) is 0 Å². The lowest BCUT2D eigenvalue weighted by molar-refractivity contribution is 0.0954. The lowest BCUT2D eigenvalue weighted by Crippen LogP contribution is -2.26. The van der Waals surface area contributed by atoms with Gasteiger partial charge < -0.3 is 10.3 Å². The molecular formula is C23H18FN3O2S. The van der Waals surface area contributed by atoms with Crippen molar-refractivity contribution in [2.75, 3.05) is 6.54 Å². The highest BCUT2D eigenvalue weighted by Crippen LogP contribution is 2.13. The van der Waals surface area contributed by atoms with Crippen LogP contribution in [0.4, 0.5) is 4.39 Å². The molecule has 0 atom stereocenters. The topological polar surface area (TPSA) is 66.9 Å². The van der Waals surface area contributed by atoms with Gasteiger partial charge in [-0.25, -0.2) is 4.39 Å². The van der Waals surface area contributed by atoms with Crippen LogP contribution in [-0.2, 0) is 6.42 Å². The van der Waals surface area contributed by atoms with E-state index in [0.717, 1.165) is 5.56 Å². The Labute approximate surface area is 176 Å². The predicted octanol–water partition coefficient (Wildman–Crippen LogP) is 4.16. The fourth-order valence-corrected chi connectivity index (χ4v) is 3.54.